The molecule has 0 fully saturated rings. The van der Waals surface area contributed by atoms with Crippen molar-refractivity contribution in [1.29, 1.82) is 0 Å². The molecule has 0 amide bonds. The van der Waals surface area contributed by atoms with E-state index >= 15 is 0 Å². The van der Waals surface area contributed by atoms with Crippen LogP contribution in [0, 0.1) is 0 Å². The van der Waals surface area contributed by atoms with Crippen LogP contribution in [0.15, 0.2) is 22.0 Å². The maximum absolute atomic E-state index is 12.5. The van der Waals surface area contributed by atoms with Crippen molar-refractivity contribution in [2.45, 2.75) is 24.1 Å². The number of hydrogen-bond acceptors (Lipinski definition) is 6. The van der Waals surface area contributed by atoms with E-state index in [4.69, 9.17) is 10.2 Å². The molecule has 0 aliphatic rings. The van der Waals surface area contributed by atoms with Crippen molar-refractivity contribution in [3.8, 4) is 0 Å². The number of halogens is 2. The molecule has 17 heavy (non-hydrogen) atoms. The van der Waals surface area contributed by atoms with Crippen molar-refractivity contribution in [3.05, 3.63) is 24.1 Å². The summed E-state index contributed by atoms with van der Waals surface area (Å²) in [6.07, 6.45) is 2.54. The molecular weight excluding hydrogens is 252 g/mol. The fourth-order valence-corrected chi connectivity index (χ4v) is 1.87. The molecule has 6 nitrogen and oxygen atoms in total. The second-order valence-electron chi connectivity index (χ2n) is 2.98. The number of imidazole rings is 1. The van der Waals surface area contributed by atoms with Gasteiger partial charge in [0.15, 0.2) is 0 Å². The number of rotatable bonds is 5. The van der Waals surface area contributed by atoms with E-state index in [2.05, 4.69) is 15.2 Å². The van der Waals surface area contributed by atoms with Gasteiger partial charge in [0, 0.05) is 12.4 Å². The largest absolute Gasteiger partial charge is 0.415 e. The molecule has 0 aromatic carbocycles. The topological polar surface area (TPSA) is 82.8 Å². The first-order chi connectivity index (χ1) is 8.20. The van der Waals surface area contributed by atoms with Crippen molar-refractivity contribution in [1.82, 2.24) is 19.7 Å². The molecular formula is C8H9F2N5OS. The molecule has 0 spiro atoms. The van der Waals surface area contributed by atoms with Crippen LogP contribution in [0.4, 0.5) is 8.78 Å². The highest BCUT2D eigenvalue weighted by molar-refractivity contribution is 7.98. The first-order valence-corrected chi connectivity index (χ1v) is 5.64. The van der Waals surface area contributed by atoms with Crippen LogP contribution in [0.1, 0.15) is 18.3 Å². The molecule has 0 bridgehead atoms. The summed E-state index contributed by atoms with van der Waals surface area (Å²) in [6.45, 7) is -2.45. The Morgan fingerprint density at radius 1 is 1.47 bits per heavy atom. The zero-order valence-electron chi connectivity index (χ0n) is 8.58. The molecule has 2 heterocycles. The Morgan fingerprint density at radius 2 is 2.29 bits per heavy atom. The van der Waals surface area contributed by atoms with Crippen LogP contribution >= 0.6 is 11.8 Å². The van der Waals surface area contributed by atoms with Gasteiger partial charge in [-0.1, -0.05) is 11.8 Å². The Bertz CT molecular complexity index is 486. The Balaban J connectivity index is 1.99. The number of nitrogens with two attached hydrogens (primary N) is 1. The van der Waals surface area contributed by atoms with Gasteiger partial charge in [-0.25, -0.2) is 4.98 Å². The summed E-state index contributed by atoms with van der Waals surface area (Å²) in [5.41, 5.74) is 5.30. The van der Waals surface area contributed by atoms with Crippen molar-refractivity contribution in [2.75, 3.05) is 0 Å². The van der Waals surface area contributed by atoms with E-state index in [0.29, 0.717) is 5.89 Å². The standard InChI is InChI=1S/C8H9F2N5OS/c9-7(10)15-2-1-12-5(15)4-17-8-14-13-6(3-11)16-8/h1-2,7H,3-4,11H2. The second-order valence-corrected chi connectivity index (χ2v) is 3.91. The van der Waals surface area contributed by atoms with Crippen LogP contribution in [0.2, 0.25) is 0 Å². The lowest BCUT2D eigenvalue weighted by Crippen LogP contribution is -2.01. The molecule has 2 aromatic rings. The van der Waals surface area contributed by atoms with E-state index in [1.54, 1.807) is 0 Å². The summed E-state index contributed by atoms with van der Waals surface area (Å²) in [6, 6.07) is 0. The predicted molar refractivity (Wildman–Crippen MR) is 55.2 cm³/mol. The molecule has 2 rings (SSSR count). The fourth-order valence-electron chi connectivity index (χ4n) is 1.14. The number of aromatic nitrogens is 4. The quantitative estimate of drug-likeness (QED) is 0.819. The molecule has 0 aliphatic heterocycles. The van der Waals surface area contributed by atoms with Gasteiger partial charge in [-0.05, 0) is 0 Å². The SMILES string of the molecule is NCc1nnc(SCc2nccn2C(F)F)o1. The van der Waals surface area contributed by atoms with E-state index < -0.39 is 6.55 Å². The van der Waals surface area contributed by atoms with Gasteiger partial charge in [0.1, 0.15) is 5.82 Å². The predicted octanol–water partition coefficient (Wildman–Crippen LogP) is 1.41. The minimum atomic E-state index is -2.60. The highest BCUT2D eigenvalue weighted by Crippen LogP contribution is 2.22. The first-order valence-electron chi connectivity index (χ1n) is 4.66. The molecule has 0 radical (unpaired) electrons. The third kappa shape index (κ3) is 2.80. The smallest absolute Gasteiger partial charge is 0.319 e. The van der Waals surface area contributed by atoms with Crippen molar-refractivity contribution in [3.63, 3.8) is 0 Å². The van der Waals surface area contributed by atoms with Crippen LogP contribution in [0.3, 0.4) is 0 Å². The first kappa shape index (κ1) is 12.0. The van der Waals surface area contributed by atoms with Crippen molar-refractivity contribution < 1.29 is 13.2 Å². The normalized spacial score (nSPS) is 11.3. The number of thioether (sulfide) groups is 1. The molecule has 92 valence electrons. The number of nitrogens with zero attached hydrogens (tertiary/aromatic N) is 4. The van der Waals surface area contributed by atoms with Crippen LogP contribution in [-0.2, 0) is 12.3 Å². The molecule has 0 atom stereocenters. The maximum atomic E-state index is 12.5. The zero-order chi connectivity index (χ0) is 12.3. The lowest BCUT2D eigenvalue weighted by Gasteiger charge is -2.03. The van der Waals surface area contributed by atoms with Crippen LogP contribution in [0.25, 0.3) is 0 Å². The van der Waals surface area contributed by atoms with Gasteiger partial charge in [-0.2, -0.15) is 8.78 Å². The lowest BCUT2D eigenvalue weighted by atomic mass is 10.7. The van der Waals surface area contributed by atoms with E-state index in [9.17, 15) is 8.78 Å². The summed E-state index contributed by atoms with van der Waals surface area (Å²) in [5.74, 6) is 0.783. The molecule has 0 unspecified atom stereocenters. The molecule has 2 N–H and O–H groups in total. The van der Waals surface area contributed by atoms with Gasteiger partial charge < -0.3 is 10.2 Å². The van der Waals surface area contributed by atoms with Gasteiger partial charge in [0.05, 0.1) is 12.3 Å². The number of hydrogen-bond donors (Lipinski definition) is 1. The Kier molecular flexibility index (Phi) is 3.69. The molecule has 0 saturated heterocycles. The molecule has 0 aliphatic carbocycles. The highest BCUT2D eigenvalue weighted by Gasteiger charge is 2.13. The fraction of sp³-hybridized carbons (Fsp3) is 0.375. The van der Waals surface area contributed by atoms with Crippen molar-refractivity contribution in [2.24, 2.45) is 5.73 Å². The van der Waals surface area contributed by atoms with Crippen LogP contribution in [0.5, 0.6) is 0 Å². The zero-order valence-corrected chi connectivity index (χ0v) is 9.40. The van der Waals surface area contributed by atoms with E-state index in [0.717, 1.165) is 16.3 Å². The van der Waals surface area contributed by atoms with Gasteiger partial charge in [-0.15, -0.1) is 10.2 Å². The monoisotopic (exact) mass is 261 g/mol. The third-order valence-electron chi connectivity index (χ3n) is 1.91. The molecule has 2 aromatic heterocycles. The Morgan fingerprint density at radius 3 is 2.94 bits per heavy atom. The average molecular weight is 261 g/mol. The lowest BCUT2D eigenvalue weighted by molar-refractivity contribution is 0.0678. The van der Waals surface area contributed by atoms with E-state index in [-0.39, 0.29) is 23.3 Å². The summed E-state index contributed by atoms with van der Waals surface area (Å²) >= 11 is 1.13. The molecule has 0 saturated carbocycles. The minimum Gasteiger partial charge on any atom is -0.415 e. The number of alkyl halides is 2. The summed E-state index contributed by atoms with van der Waals surface area (Å²) in [7, 11) is 0. The Labute approximate surface area is 99.2 Å². The van der Waals surface area contributed by atoms with Crippen molar-refractivity contribution >= 4 is 11.8 Å². The van der Waals surface area contributed by atoms with Gasteiger partial charge in [-0.3, -0.25) is 4.57 Å². The van der Waals surface area contributed by atoms with Crippen LogP contribution < -0.4 is 5.73 Å². The summed E-state index contributed by atoms with van der Waals surface area (Å²) in [5, 5.41) is 7.64. The summed E-state index contributed by atoms with van der Waals surface area (Å²) in [4.78, 5) is 3.83. The van der Waals surface area contributed by atoms with Crippen LogP contribution in [-0.4, -0.2) is 19.7 Å². The second kappa shape index (κ2) is 5.23. The van der Waals surface area contributed by atoms with Gasteiger partial charge in [0.25, 0.3) is 5.22 Å². The van der Waals surface area contributed by atoms with Gasteiger partial charge in [0.2, 0.25) is 5.89 Å². The molecule has 9 heteroatoms. The summed E-state index contributed by atoms with van der Waals surface area (Å²) < 4.78 is 30.9. The average Bonchev–Trinajstić information content (AvgIpc) is 2.95. The Hall–Kier alpha value is -1.48. The third-order valence-corrected chi connectivity index (χ3v) is 2.72. The van der Waals surface area contributed by atoms with E-state index in [1.807, 2.05) is 0 Å². The van der Waals surface area contributed by atoms with E-state index in [1.165, 1.54) is 12.4 Å². The van der Waals surface area contributed by atoms with Gasteiger partial charge >= 0.3 is 6.55 Å². The minimum absolute atomic E-state index is 0.152. The highest BCUT2D eigenvalue weighted by atomic mass is 32.2. The maximum Gasteiger partial charge on any atom is 0.319 e.